The zero-order valence-corrected chi connectivity index (χ0v) is 17.3. The highest BCUT2D eigenvalue weighted by Crippen LogP contribution is 2.45. The Bertz CT molecular complexity index is 941. The minimum absolute atomic E-state index is 0.258. The molecule has 1 saturated carbocycles. The van der Waals surface area contributed by atoms with Crippen LogP contribution in [0.25, 0.3) is 10.2 Å². The zero-order chi connectivity index (χ0) is 20.0. The topological polar surface area (TPSA) is 98.4 Å². The number of hydrogen-bond donors (Lipinski definition) is 1. The first-order valence-corrected chi connectivity index (χ1v) is 10.8. The number of rotatable bonds is 4. The number of carbonyl (C=O) groups is 2. The largest absolute Gasteiger partial charge is 0.462 e. The van der Waals surface area contributed by atoms with E-state index in [-0.39, 0.29) is 24.0 Å². The van der Waals surface area contributed by atoms with Gasteiger partial charge in [0.25, 0.3) is 0 Å². The number of carbonyl (C=O) groups excluding carboxylic acids is 2. The summed E-state index contributed by atoms with van der Waals surface area (Å²) in [5.41, 5.74) is 6.61. The molecule has 2 N–H and O–H groups in total. The van der Waals surface area contributed by atoms with E-state index < -0.39 is 0 Å². The maximum absolute atomic E-state index is 12.4. The van der Waals surface area contributed by atoms with Crippen LogP contribution in [0.1, 0.15) is 60.1 Å². The van der Waals surface area contributed by atoms with E-state index in [2.05, 4.69) is 9.88 Å². The molecule has 2 fully saturated rings. The molecule has 7 nitrogen and oxygen atoms in total. The Kier molecular flexibility index (Phi) is 4.99. The Balaban J connectivity index is 1.89. The molecule has 1 aliphatic heterocycles. The second-order valence-electron chi connectivity index (χ2n) is 7.72. The molecule has 150 valence electrons. The Labute approximate surface area is 168 Å². The minimum Gasteiger partial charge on any atom is -0.462 e. The molecule has 1 aliphatic carbocycles. The lowest BCUT2D eigenvalue weighted by Crippen LogP contribution is -2.45. The van der Waals surface area contributed by atoms with Crippen LogP contribution in [0, 0.1) is 19.8 Å². The fourth-order valence-electron chi connectivity index (χ4n) is 4.82. The van der Waals surface area contributed by atoms with Crippen LogP contribution in [0.4, 0.5) is 5.82 Å². The number of ether oxygens (including phenoxy) is 1. The van der Waals surface area contributed by atoms with Crippen molar-refractivity contribution in [3.63, 3.8) is 0 Å². The molecule has 0 radical (unpaired) electrons. The maximum atomic E-state index is 12.4. The number of nitrogens with zero attached hydrogens (tertiary/aromatic N) is 3. The number of anilines is 1. The Morgan fingerprint density at radius 2 is 2.00 bits per heavy atom. The molecule has 0 spiro atoms. The van der Waals surface area contributed by atoms with E-state index in [4.69, 9.17) is 15.5 Å². The molecule has 0 unspecified atom stereocenters. The van der Waals surface area contributed by atoms with Crippen LogP contribution in [0.3, 0.4) is 0 Å². The van der Waals surface area contributed by atoms with Crippen LogP contribution >= 0.6 is 11.3 Å². The van der Waals surface area contributed by atoms with Gasteiger partial charge in [0, 0.05) is 6.04 Å². The van der Waals surface area contributed by atoms with Crippen LogP contribution < -0.4 is 10.6 Å². The third-order valence-corrected chi connectivity index (χ3v) is 7.17. The zero-order valence-electron chi connectivity index (χ0n) is 16.5. The first-order valence-electron chi connectivity index (χ1n) is 9.94. The number of primary amides is 1. The van der Waals surface area contributed by atoms with Crippen LogP contribution in [0.5, 0.6) is 0 Å². The van der Waals surface area contributed by atoms with E-state index in [1.807, 2.05) is 13.8 Å². The molecule has 4 rings (SSSR count). The molecule has 1 saturated heterocycles. The normalized spacial score (nSPS) is 24.4. The van der Waals surface area contributed by atoms with Gasteiger partial charge >= 0.3 is 5.97 Å². The third kappa shape index (κ3) is 3.03. The number of aryl methyl sites for hydroxylation is 2. The summed E-state index contributed by atoms with van der Waals surface area (Å²) in [6.07, 6.45) is 5.27. The van der Waals surface area contributed by atoms with Gasteiger partial charge in [-0.1, -0.05) is 12.8 Å². The van der Waals surface area contributed by atoms with Gasteiger partial charge in [-0.05, 0) is 51.5 Å². The molecular weight excluding hydrogens is 376 g/mol. The summed E-state index contributed by atoms with van der Waals surface area (Å²) in [7, 11) is 0. The lowest BCUT2D eigenvalue weighted by Gasteiger charge is -2.34. The second kappa shape index (κ2) is 7.31. The summed E-state index contributed by atoms with van der Waals surface area (Å²) in [5.74, 6) is 1.18. The maximum Gasteiger partial charge on any atom is 0.348 e. The van der Waals surface area contributed by atoms with Crippen LogP contribution in [-0.2, 0) is 9.53 Å². The van der Waals surface area contributed by atoms with Crippen LogP contribution in [0.15, 0.2) is 0 Å². The van der Waals surface area contributed by atoms with Crippen molar-refractivity contribution in [3.05, 3.63) is 16.3 Å². The molecule has 28 heavy (non-hydrogen) atoms. The summed E-state index contributed by atoms with van der Waals surface area (Å²) < 4.78 is 5.21. The number of nitrogens with two attached hydrogens (primary N) is 1. The lowest BCUT2D eigenvalue weighted by atomic mass is 9.84. The molecule has 0 aromatic carbocycles. The Hall–Kier alpha value is -2.22. The predicted octanol–water partition coefficient (Wildman–Crippen LogP) is 3.11. The Morgan fingerprint density at radius 3 is 2.71 bits per heavy atom. The average Bonchev–Trinajstić information content (AvgIpc) is 3.20. The van der Waals surface area contributed by atoms with Gasteiger partial charge in [-0.15, -0.1) is 11.3 Å². The first-order chi connectivity index (χ1) is 13.4. The first kappa shape index (κ1) is 19.1. The van der Waals surface area contributed by atoms with Crippen molar-refractivity contribution in [1.82, 2.24) is 9.97 Å². The second-order valence-corrected chi connectivity index (χ2v) is 8.72. The molecular formula is C20H26N4O3S. The summed E-state index contributed by atoms with van der Waals surface area (Å²) in [5, 5.41) is 0.844. The molecule has 3 atom stereocenters. The molecule has 2 aromatic rings. The number of thiophene rings is 1. The minimum atomic E-state index is -0.365. The summed E-state index contributed by atoms with van der Waals surface area (Å²) in [6.45, 7) is 5.86. The molecule has 8 heteroatoms. The lowest BCUT2D eigenvalue weighted by molar-refractivity contribution is -0.119. The third-order valence-electron chi connectivity index (χ3n) is 6.00. The van der Waals surface area contributed by atoms with Gasteiger partial charge in [0.2, 0.25) is 5.91 Å². The number of aromatic nitrogens is 2. The highest BCUT2D eigenvalue weighted by atomic mass is 32.1. The standard InChI is InChI=1S/C20H26N4O3S/c1-4-27-20(26)16-10(2)15-18(22-11(3)23-19(15)28-16)24-13-8-6-5-7-12(13)9-14(24)17(21)25/h12-14H,4-9H2,1-3H3,(H2,21,25)/t12-,13+,14-/m0/s1. The highest BCUT2D eigenvalue weighted by molar-refractivity contribution is 7.20. The quantitative estimate of drug-likeness (QED) is 0.789. The van der Waals surface area contributed by atoms with Crippen molar-refractivity contribution in [2.75, 3.05) is 11.5 Å². The van der Waals surface area contributed by atoms with Crippen molar-refractivity contribution >= 4 is 39.2 Å². The monoisotopic (exact) mass is 402 g/mol. The van der Waals surface area contributed by atoms with Gasteiger partial charge < -0.3 is 15.4 Å². The van der Waals surface area contributed by atoms with Crippen LogP contribution in [-0.4, -0.2) is 40.5 Å². The number of hydrogen-bond acceptors (Lipinski definition) is 7. The molecule has 3 heterocycles. The van der Waals surface area contributed by atoms with Gasteiger partial charge in [0.05, 0.1) is 12.0 Å². The van der Waals surface area contributed by atoms with Crippen molar-refractivity contribution in [1.29, 1.82) is 0 Å². The van der Waals surface area contributed by atoms with E-state index in [0.29, 0.717) is 23.2 Å². The van der Waals surface area contributed by atoms with E-state index >= 15 is 0 Å². The van der Waals surface area contributed by atoms with Gasteiger partial charge in [-0.2, -0.15) is 0 Å². The van der Waals surface area contributed by atoms with Crippen molar-refractivity contribution < 1.29 is 14.3 Å². The predicted molar refractivity (Wildman–Crippen MR) is 109 cm³/mol. The van der Waals surface area contributed by atoms with Crippen molar-refractivity contribution in [2.45, 2.75) is 65.0 Å². The van der Waals surface area contributed by atoms with Crippen LogP contribution in [0.2, 0.25) is 0 Å². The summed E-state index contributed by atoms with van der Waals surface area (Å²) in [6, 6.07) is -0.106. The molecule has 2 aromatic heterocycles. The summed E-state index contributed by atoms with van der Waals surface area (Å²) >= 11 is 1.33. The van der Waals surface area contributed by atoms with Crippen molar-refractivity contribution in [3.8, 4) is 0 Å². The van der Waals surface area contributed by atoms with E-state index in [9.17, 15) is 9.59 Å². The van der Waals surface area contributed by atoms with Gasteiger partial charge in [0.1, 0.15) is 27.4 Å². The fraction of sp³-hybridized carbons (Fsp3) is 0.600. The highest BCUT2D eigenvalue weighted by Gasteiger charge is 2.46. The smallest absolute Gasteiger partial charge is 0.348 e. The molecule has 1 amide bonds. The van der Waals surface area contributed by atoms with E-state index in [0.717, 1.165) is 47.3 Å². The Morgan fingerprint density at radius 1 is 1.25 bits per heavy atom. The van der Waals surface area contributed by atoms with E-state index in [1.54, 1.807) is 6.92 Å². The SMILES string of the molecule is CCOC(=O)c1sc2nc(C)nc(N3[C@@H]4CCCC[C@H]4C[C@H]3C(N)=O)c2c1C. The summed E-state index contributed by atoms with van der Waals surface area (Å²) in [4.78, 5) is 37.5. The van der Waals surface area contributed by atoms with E-state index in [1.165, 1.54) is 17.8 Å². The molecule has 2 aliphatic rings. The average molecular weight is 403 g/mol. The molecule has 0 bridgehead atoms. The van der Waals surface area contributed by atoms with Gasteiger partial charge in [-0.3, -0.25) is 4.79 Å². The fourth-order valence-corrected chi connectivity index (χ4v) is 5.93. The van der Waals surface area contributed by atoms with Crippen molar-refractivity contribution in [2.24, 2.45) is 11.7 Å². The van der Waals surface area contributed by atoms with Gasteiger partial charge in [0.15, 0.2) is 0 Å². The number of fused-ring (bicyclic) bond motifs is 2. The van der Waals surface area contributed by atoms with Gasteiger partial charge in [-0.25, -0.2) is 14.8 Å². The number of amides is 1. The number of esters is 1.